The molecule has 1 atom stereocenters. The van der Waals surface area contributed by atoms with Crippen molar-refractivity contribution in [2.45, 2.75) is 32.0 Å². The van der Waals surface area contributed by atoms with Crippen molar-refractivity contribution in [1.29, 1.82) is 0 Å². The van der Waals surface area contributed by atoms with Gasteiger partial charge in [-0.1, -0.05) is 11.8 Å². The first-order valence-corrected chi connectivity index (χ1v) is 7.47. The highest BCUT2D eigenvalue weighted by atomic mass is 32.2. The predicted molar refractivity (Wildman–Crippen MR) is 73.8 cm³/mol. The smallest absolute Gasteiger partial charge is 0.313 e. The average Bonchev–Trinajstić information content (AvgIpc) is 2.92. The van der Waals surface area contributed by atoms with E-state index in [4.69, 9.17) is 5.11 Å². The predicted octanol–water partition coefficient (Wildman–Crippen LogP) is 2.14. The summed E-state index contributed by atoms with van der Waals surface area (Å²) in [5.41, 5.74) is 0.998. The third-order valence-corrected chi connectivity index (χ3v) is 4.79. The Morgan fingerprint density at radius 3 is 2.89 bits per heavy atom. The van der Waals surface area contributed by atoms with E-state index in [2.05, 4.69) is 15.2 Å². The van der Waals surface area contributed by atoms with Crippen molar-refractivity contribution in [2.75, 3.05) is 5.75 Å². The van der Waals surface area contributed by atoms with Crippen LogP contribution in [0.3, 0.4) is 0 Å². The van der Waals surface area contributed by atoms with Crippen molar-refractivity contribution >= 4 is 29.1 Å². The third-order valence-electron chi connectivity index (χ3n) is 2.60. The molecule has 2 heterocycles. The Hall–Kier alpha value is -1.41. The highest BCUT2D eigenvalue weighted by molar-refractivity contribution is 7.99. The molecule has 2 aromatic heterocycles. The molecule has 2 aromatic rings. The minimum atomic E-state index is -0.864. The van der Waals surface area contributed by atoms with Gasteiger partial charge in [0.2, 0.25) is 0 Å². The number of hydrogen-bond donors (Lipinski definition) is 1. The third kappa shape index (κ3) is 3.13. The summed E-state index contributed by atoms with van der Waals surface area (Å²) in [6.07, 6.45) is 1.63. The molecule has 0 fully saturated rings. The number of rotatable bonds is 5. The van der Waals surface area contributed by atoms with Crippen molar-refractivity contribution in [2.24, 2.45) is 0 Å². The molecule has 0 aliphatic heterocycles. The molecule has 0 spiro atoms. The lowest BCUT2D eigenvalue weighted by atomic mass is 10.2. The molecule has 0 amide bonds. The largest absolute Gasteiger partial charge is 0.481 e. The number of carboxylic acid groups (broad SMARTS) is 1. The van der Waals surface area contributed by atoms with Gasteiger partial charge in [-0.2, -0.15) is 0 Å². The molecule has 1 N–H and O–H groups in total. The molecule has 0 aromatic carbocycles. The highest BCUT2D eigenvalue weighted by Gasteiger charge is 2.18. The molecule has 8 heteroatoms. The van der Waals surface area contributed by atoms with Crippen LogP contribution in [0.15, 0.2) is 11.5 Å². The number of thioether (sulfide) groups is 1. The van der Waals surface area contributed by atoms with Crippen molar-refractivity contribution in [3.63, 3.8) is 0 Å². The monoisotopic (exact) mass is 298 g/mol. The van der Waals surface area contributed by atoms with E-state index in [-0.39, 0.29) is 11.8 Å². The first kappa shape index (κ1) is 14.0. The fourth-order valence-electron chi connectivity index (χ4n) is 1.79. The lowest BCUT2D eigenvalue weighted by molar-refractivity contribution is -0.133. The van der Waals surface area contributed by atoms with E-state index in [1.165, 1.54) is 11.8 Å². The number of carbonyl (C=O) groups is 1. The number of hydrogen-bond acceptors (Lipinski definition) is 6. The molecule has 2 rings (SSSR count). The second-order valence-corrected chi connectivity index (χ2v) is 6.24. The summed E-state index contributed by atoms with van der Waals surface area (Å²) in [4.78, 5) is 16.2. The fraction of sp³-hybridized carbons (Fsp3) is 0.455. The summed E-state index contributed by atoms with van der Waals surface area (Å²) in [7, 11) is 0. The van der Waals surface area contributed by atoms with E-state index in [9.17, 15) is 4.79 Å². The van der Waals surface area contributed by atoms with Crippen molar-refractivity contribution < 1.29 is 9.90 Å². The van der Waals surface area contributed by atoms with Crippen molar-refractivity contribution in [1.82, 2.24) is 19.7 Å². The molecule has 0 aliphatic rings. The lowest BCUT2D eigenvalue weighted by Crippen LogP contribution is -2.08. The standard InChI is InChI=1S/C11H14N4O2S2/c1-6-10(19-8(3)13-6)7(2)15-5-12-14-11(15)18-4-9(16)17/h5,7H,4H2,1-3H3,(H,16,17). The molecule has 0 radical (unpaired) electrons. The van der Waals surface area contributed by atoms with Gasteiger partial charge < -0.3 is 9.67 Å². The lowest BCUT2D eigenvalue weighted by Gasteiger charge is -2.13. The summed E-state index contributed by atoms with van der Waals surface area (Å²) in [5, 5.41) is 18.2. The number of aryl methyl sites for hydroxylation is 2. The number of nitrogens with zero attached hydrogens (tertiary/aromatic N) is 4. The zero-order valence-corrected chi connectivity index (χ0v) is 12.5. The molecule has 0 aliphatic carbocycles. The number of aromatic nitrogens is 4. The SMILES string of the molecule is Cc1nc(C)c(C(C)n2cnnc2SCC(=O)O)s1. The average molecular weight is 298 g/mol. The Morgan fingerprint density at radius 1 is 1.58 bits per heavy atom. The van der Waals surface area contributed by atoms with Crippen LogP contribution in [0.25, 0.3) is 0 Å². The van der Waals surface area contributed by atoms with E-state index in [0.717, 1.165) is 15.6 Å². The first-order valence-electron chi connectivity index (χ1n) is 5.67. The van der Waals surface area contributed by atoms with Crippen LogP contribution in [-0.4, -0.2) is 36.6 Å². The summed E-state index contributed by atoms with van der Waals surface area (Å²) in [6, 6.07) is 0.0532. The molecule has 1 unspecified atom stereocenters. The van der Waals surface area contributed by atoms with E-state index in [1.54, 1.807) is 17.7 Å². The maximum absolute atomic E-state index is 10.6. The van der Waals surface area contributed by atoms with Gasteiger partial charge >= 0.3 is 5.97 Å². The van der Waals surface area contributed by atoms with E-state index < -0.39 is 5.97 Å². The van der Waals surface area contributed by atoms with Gasteiger partial charge in [-0.15, -0.1) is 21.5 Å². The van der Waals surface area contributed by atoms with Gasteiger partial charge in [-0.3, -0.25) is 4.79 Å². The van der Waals surface area contributed by atoms with Gasteiger partial charge in [0.1, 0.15) is 6.33 Å². The van der Waals surface area contributed by atoms with Crippen LogP contribution in [0.1, 0.15) is 28.5 Å². The maximum Gasteiger partial charge on any atom is 0.313 e. The topological polar surface area (TPSA) is 80.9 Å². The summed E-state index contributed by atoms with van der Waals surface area (Å²) in [5.74, 6) is -0.886. The molecule has 0 bridgehead atoms. The Bertz CT molecular complexity index is 593. The Morgan fingerprint density at radius 2 is 2.32 bits per heavy atom. The summed E-state index contributed by atoms with van der Waals surface area (Å²) in [6.45, 7) is 5.98. The molecular weight excluding hydrogens is 284 g/mol. The second kappa shape index (κ2) is 5.70. The van der Waals surface area contributed by atoms with Gasteiger partial charge in [-0.25, -0.2) is 4.98 Å². The summed E-state index contributed by atoms with van der Waals surface area (Å²) >= 11 is 2.81. The Labute approximate surface area is 118 Å². The van der Waals surface area contributed by atoms with Crippen LogP contribution in [-0.2, 0) is 4.79 Å². The van der Waals surface area contributed by atoms with E-state index in [1.807, 2.05) is 25.3 Å². The van der Waals surface area contributed by atoms with Gasteiger partial charge in [0.05, 0.1) is 27.4 Å². The van der Waals surface area contributed by atoms with Crippen LogP contribution in [0.2, 0.25) is 0 Å². The van der Waals surface area contributed by atoms with Crippen molar-refractivity contribution in [3.05, 3.63) is 21.9 Å². The normalized spacial score (nSPS) is 12.6. The van der Waals surface area contributed by atoms with Gasteiger partial charge in [0.25, 0.3) is 0 Å². The minimum absolute atomic E-state index is 0.0217. The quantitative estimate of drug-likeness (QED) is 0.852. The van der Waals surface area contributed by atoms with Crippen LogP contribution >= 0.6 is 23.1 Å². The molecule has 0 saturated heterocycles. The van der Waals surface area contributed by atoms with Crippen LogP contribution in [0.4, 0.5) is 0 Å². The Kier molecular flexibility index (Phi) is 4.20. The zero-order chi connectivity index (χ0) is 14.0. The van der Waals surface area contributed by atoms with Crippen molar-refractivity contribution in [3.8, 4) is 0 Å². The second-order valence-electron chi connectivity index (χ2n) is 4.06. The molecule has 6 nitrogen and oxygen atoms in total. The highest BCUT2D eigenvalue weighted by Crippen LogP contribution is 2.30. The van der Waals surface area contributed by atoms with Gasteiger partial charge in [0, 0.05) is 0 Å². The first-order chi connectivity index (χ1) is 8.99. The van der Waals surface area contributed by atoms with Gasteiger partial charge in [0.15, 0.2) is 5.16 Å². The number of aliphatic carboxylic acids is 1. The van der Waals surface area contributed by atoms with Crippen LogP contribution in [0, 0.1) is 13.8 Å². The van der Waals surface area contributed by atoms with Crippen LogP contribution in [0.5, 0.6) is 0 Å². The van der Waals surface area contributed by atoms with Gasteiger partial charge in [-0.05, 0) is 20.8 Å². The zero-order valence-electron chi connectivity index (χ0n) is 10.8. The summed E-state index contributed by atoms with van der Waals surface area (Å²) < 4.78 is 1.88. The van der Waals surface area contributed by atoms with Crippen LogP contribution < -0.4 is 0 Å². The minimum Gasteiger partial charge on any atom is -0.481 e. The van der Waals surface area contributed by atoms with E-state index >= 15 is 0 Å². The number of carboxylic acids is 1. The fourth-order valence-corrected chi connectivity index (χ4v) is 3.48. The van der Waals surface area contributed by atoms with E-state index in [0.29, 0.717) is 5.16 Å². The maximum atomic E-state index is 10.6. The molecule has 102 valence electrons. The Balaban J connectivity index is 2.24. The molecule has 19 heavy (non-hydrogen) atoms. The molecular formula is C11H14N4O2S2. The molecule has 0 saturated carbocycles. The number of thiazole rings is 1.